The second-order valence-electron chi connectivity index (χ2n) is 6.06. The SMILES string of the molecule is OC1(CN2CCC(c3ccccc3)C2)CCCC1. The normalized spacial score (nSPS) is 27.7. The Morgan fingerprint density at radius 2 is 1.89 bits per heavy atom. The van der Waals surface area contributed by atoms with Crippen LogP contribution in [0.1, 0.15) is 43.6 Å². The van der Waals surface area contributed by atoms with E-state index in [1.165, 1.54) is 24.8 Å². The van der Waals surface area contributed by atoms with Crippen LogP contribution in [0.5, 0.6) is 0 Å². The van der Waals surface area contributed by atoms with Crippen LogP contribution in [-0.2, 0) is 0 Å². The van der Waals surface area contributed by atoms with Gasteiger partial charge in [0, 0.05) is 13.1 Å². The fourth-order valence-corrected chi connectivity index (χ4v) is 3.58. The molecule has 1 N–H and O–H groups in total. The quantitative estimate of drug-likeness (QED) is 0.885. The summed E-state index contributed by atoms with van der Waals surface area (Å²) in [4.78, 5) is 2.46. The third-order valence-electron chi connectivity index (χ3n) is 4.60. The van der Waals surface area contributed by atoms with Crippen molar-refractivity contribution in [2.45, 2.75) is 43.6 Å². The van der Waals surface area contributed by atoms with E-state index in [1.807, 2.05) is 0 Å². The zero-order chi connectivity index (χ0) is 12.4. The fourth-order valence-electron chi connectivity index (χ4n) is 3.58. The van der Waals surface area contributed by atoms with Crippen LogP contribution in [0, 0.1) is 0 Å². The number of rotatable bonds is 3. The molecule has 1 atom stereocenters. The smallest absolute Gasteiger partial charge is 0.0774 e. The maximum atomic E-state index is 10.5. The van der Waals surface area contributed by atoms with E-state index in [-0.39, 0.29) is 5.60 Å². The summed E-state index contributed by atoms with van der Waals surface area (Å²) in [7, 11) is 0. The van der Waals surface area contributed by atoms with E-state index in [0.717, 1.165) is 32.5 Å². The largest absolute Gasteiger partial charge is 0.389 e. The molecule has 98 valence electrons. The van der Waals surface area contributed by atoms with Crippen molar-refractivity contribution in [2.24, 2.45) is 0 Å². The topological polar surface area (TPSA) is 23.5 Å². The van der Waals surface area contributed by atoms with Gasteiger partial charge in [0.15, 0.2) is 0 Å². The van der Waals surface area contributed by atoms with Gasteiger partial charge in [0.1, 0.15) is 0 Å². The molecule has 2 nitrogen and oxygen atoms in total. The van der Waals surface area contributed by atoms with Crippen molar-refractivity contribution < 1.29 is 5.11 Å². The van der Waals surface area contributed by atoms with E-state index in [9.17, 15) is 5.11 Å². The van der Waals surface area contributed by atoms with Crippen LogP contribution >= 0.6 is 0 Å². The number of hydrogen-bond donors (Lipinski definition) is 1. The van der Waals surface area contributed by atoms with Gasteiger partial charge >= 0.3 is 0 Å². The Kier molecular flexibility index (Phi) is 3.40. The molecule has 1 aliphatic carbocycles. The summed E-state index contributed by atoms with van der Waals surface area (Å²) in [5.74, 6) is 0.663. The van der Waals surface area contributed by atoms with E-state index in [2.05, 4.69) is 35.2 Å². The number of likely N-dealkylation sites (tertiary alicyclic amines) is 1. The first-order valence-corrected chi connectivity index (χ1v) is 7.25. The first kappa shape index (κ1) is 12.2. The van der Waals surface area contributed by atoms with Crippen LogP contribution in [0.3, 0.4) is 0 Å². The predicted molar refractivity (Wildman–Crippen MR) is 73.7 cm³/mol. The molecule has 0 aromatic heterocycles. The van der Waals surface area contributed by atoms with Gasteiger partial charge in [0.2, 0.25) is 0 Å². The summed E-state index contributed by atoms with van der Waals surface area (Å²) in [6.45, 7) is 3.14. The van der Waals surface area contributed by atoms with Crippen LogP contribution < -0.4 is 0 Å². The molecule has 2 fully saturated rings. The molecule has 1 heterocycles. The second kappa shape index (κ2) is 5.02. The minimum Gasteiger partial charge on any atom is -0.389 e. The number of hydrogen-bond acceptors (Lipinski definition) is 2. The molecule has 1 aromatic rings. The zero-order valence-electron chi connectivity index (χ0n) is 11.0. The highest BCUT2D eigenvalue weighted by Gasteiger charge is 2.35. The van der Waals surface area contributed by atoms with E-state index in [0.29, 0.717) is 5.92 Å². The van der Waals surface area contributed by atoms with Crippen LogP contribution in [0.15, 0.2) is 30.3 Å². The van der Waals surface area contributed by atoms with Gasteiger partial charge in [-0.3, -0.25) is 4.90 Å². The van der Waals surface area contributed by atoms with E-state index in [4.69, 9.17) is 0 Å². The molecule has 1 unspecified atom stereocenters. The molecule has 18 heavy (non-hydrogen) atoms. The van der Waals surface area contributed by atoms with Crippen molar-refractivity contribution in [2.75, 3.05) is 19.6 Å². The highest BCUT2D eigenvalue weighted by molar-refractivity contribution is 5.21. The molecule has 0 bridgehead atoms. The maximum absolute atomic E-state index is 10.5. The van der Waals surface area contributed by atoms with Crippen LogP contribution in [-0.4, -0.2) is 35.2 Å². The zero-order valence-corrected chi connectivity index (χ0v) is 11.0. The van der Waals surface area contributed by atoms with E-state index in [1.54, 1.807) is 0 Å². The number of nitrogens with zero attached hydrogens (tertiary/aromatic N) is 1. The lowest BCUT2D eigenvalue weighted by Gasteiger charge is -2.28. The highest BCUT2D eigenvalue weighted by Crippen LogP contribution is 2.33. The van der Waals surface area contributed by atoms with Crippen molar-refractivity contribution in [1.82, 2.24) is 4.90 Å². The number of β-amino-alcohol motifs (C(OH)–C–C–N with tert-alkyl or cyclic N) is 1. The average Bonchev–Trinajstić information content (AvgIpc) is 3.00. The predicted octanol–water partition coefficient (Wildman–Crippen LogP) is 2.78. The summed E-state index contributed by atoms with van der Waals surface area (Å²) in [5.41, 5.74) is 1.07. The lowest BCUT2D eigenvalue weighted by Crippen LogP contribution is -2.39. The number of aliphatic hydroxyl groups is 1. The first-order chi connectivity index (χ1) is 8.75. The molecule has 0 amide bonds. The van der Waals surface area contributed by atoms with Gasteiger partial charge < -0.3 is 5.11 Å². The third-order valence-corrected chi connectivity index (χ3v) is 4.60. The van der Waals surface area contributed by atoms with Gasteiger partial charge in [-0.05, 0) is 37.3 Å². The lowest BCUT2D eigenvalue weighted by molar-refractivity contribution is 0.0154. The summed E-state index contributed by atoms with van der Waals surface area (Å²) in [6.07, 6.45) is 5.64. The first-order valence-electron chi connectivity index (χ1n) is 7.25. The van der Waals surface area contributed by atoms with E-state index < -0.39 is 0 Å². The Morgan fingerprint density at radius 1 is 1.17 bits per heavy atom. The Balaban J connectivity index is 1.59. The van der Waals surface area contributed by atoms with Crippen LogP contribution in [0.2, 0.25) is 0 Å². The standard InChI is InChI=1S/C16H23NO/c18-16(9-4-5-10-16)13-17-11-8-15(12-17)14-6-2-1-3-7-14/h1-3,6-7,15,18H,4-5,8-13H2. The van der Waals surface area contributed by atoms with E-state index >= 15 is 0 Å². The van der Waals surface area contributed by atoms with Crippen molar-refractivity contribution in [1.29, 1.82) is 0 Å². The van der Waals surface area contributed by atoms with Crippen molar-refractivity contribution >= 4 is 0 Å². The Hall–Kier alpha value is -0.860. The molecule has 2 heteroatoms. The summed E-state index contributed by atoms with van der Waals surface area (Å²) in [5, 5.41) is 10.5. The average molecular weight is 245 g/mol. The monoisotopic (exact) mass is 245 g/mol. The third kappa shape index (κ3) is 2.60. The second-order valence-corrected chi connectivity index (χ2v) is 6.06. The van der Waals surface area contributed by atoms with Crippen LogP contribution in [0.25, 0.3) is 0 Å². The summed E-state index contributed by atoms with van der Waals surface area (Å²) in [6, 6.07) is 10.8. The van der Waals surface area contributed by atoms with Gasteiger partial charge in [-0.2, -0.15) is 0 Å². The van der Waals surface area contributed by atoms with Gasteiger partial charge in [0.25, 0.3) is 0 Å². The van der Waals surface area contributed by atoms with Gasteiger partial charge in [-0.15, -0.1) is 0 Å². The molecule has 1 saturated heterocycles. The maximum Gasteiger partial charge on any atom is 0.0774 e. The molecule has 1 aromatic carbocycles. The minimum absolute atomic E-state index is 0.383. The van der Waals surface area contributed by atoms with Crippen molar-refractivity contribution in [3.8, 4) is 0 Å². The Labute approximate surface area is 110 Å². The molecule has 1 aliphatic heterocycles. The van der Waals surface area contributed by atoms with Gasteiger partial charge in [-0.25, -0.2) is 0 Å². The summed E-state index contributed by atoms with van der Waals surface area (Å²) >= 11 is 0. The lowest BCUT2D eigenvalue weighted by atomic mass is 9.98. The fraction of sp³-hybridized carbons (Fsp3) is 0.625. The van der Waals surface area contributed by atoms with Crippen molar-refractivity contribution in [3.63, 3.8) is 0 Å². The molecule has 0 radical (unpaired) electrons. The van der Waals surface area contributed by atoms with Gasteiger partial charge in [-0.1, -0.05) is 43.2 Å². The van der Waals surface area contributed by atoms with Crippen LogP contribution in [0.4, 0.5) is 0 Å². The number of benzene rings is 1. The minimum atomic E-state index is -0.383. The van der Waals surface area contributed by atoms with Gasteiger partial charge in [0.05, 0.1) is 5.60 Å². The highest BCUT2D eigenvalue weighted by atomic mass is 16.3. The summed E-state index contributed by atoms with van der Waals surface area (Å²) < 4.78 is 0. The molecular formula is C16H23NO. The molecule has 1 saturated carbocycles. The molecular weight excluding hydrogens is 222 g/mol. The molecule has 0 spiro atoms. The molecule has 3 rings (SSSR count). The Bertz CT molecular complexity index is 383. The Morgan fingerprint density at radius 3 is 2.61 bits per heavy atom. The molecule has 2 aliphatic rings. The van der Waals surface area contributed by atoms with Crippen molar-refractivity contribution in [3.05, 3.63) is 35.9 Å².